The summed E-state index contributed by atoms with van der Waals surface area (Å²) in [6.45, 7) is -0.756. The summed E-state index contributed by atoms with van der Waals surface area (Å²) in [5.41, 5.74) is -1.53. The second-order valence-electron chi connectivity index (χ2n) is 2.64. The van der Waals surface area contributed by atoms with Gasteiger partial charge < -0.3 is 30.6 Å². The average Bonchev–Trinajstić information content (AvgIpc) is 2.12. The Kier molecular flexibility index (Phi) is 5.81. The molecule has 0 spiro atoms. The zero-order chi connectivity index (χ0) is 10.6. The van der Waals surface area contributed by atoms with E-state index in [1.165, 1.54) is 0 Å². The van der Waals surface area contributed by atoms with Crippen LogP contribution in [0.15, 0.2) is 0 Å². The SMILES string of the molecule is OC[C@@H](O)[C@@H](O)[C@H](O)[C@@H](O)C(O)S. The lowest BCUT2D eigenvalue weighted by Gasteiger charge is -2.26. The Morgan fingerprint density at radius 1 is 0.846 bits per heavy atom. The van der Waals surface area contributed by atoms with E-state index < -0.39 is 36.5 Å². The van der Waals surface area contributed by atoms with Crippen molar-refractivity contribution in [2.45, 2.75) is 29.9 Å². The third-order valence-corrected chi connectivity index (χ3v) is 1.89. The Hall–Kier alpha value is 0.110. The largest absolute Gasteiger partial charge is 0.394 e. The molecule has 0 aliphatic rings. The molecule has 0 aromatic rings. The van der Waals surface area contributed by atoms with E-state index >= 15 is 0 Å². The van der Waals surface area contributed by atoms with Crippen molar-refractivity contribution in [2.24, 2.45) is 0 Å². The highest BCUT2D eigenvalue weighted by atomic mass is 32.1. The van der Waals surface area contributed by atoms with Gasteiger partial charge in [-0.3, -0.25) is 0 Å². The van der Waals surface area contributed by atoms with Crippen LogP contribution in [0.25, 0.3) is 0 Å². The molecule has 0 bridgehead atoms. The fraction of sp³-hybridized carbons (Fsp3) is 1.00. The van der Waals surface area contributed by atoms with Crippen molar-refractivity contribution in [2.75, 3.05) is 6.61 Å². The summed E-state index contributed by atoms with van der Waals surface area (Å²) < 4.78 is 0. The summed E-state index contributed by atoms with van der Waals surface area (Å²) in [5.74, 6) is 0. The van der Waals surface area contributed by atoms with E-state index in [0.29, 0.717) is 0 Å². The third-order valence-electron chi connectivity index (χ3n) is 1.59. The first-order valence-corrected chi connectivity index (χ1v) is 4.12. The third kappa shape index (κ3) is 3.77. The van der Waals surface area contributed by atoms with Crippen LogP contribution in [0.1, 0.15) is 0 Å². The minimum Gasteiger partial charge on any atom is -0.394 e. The number of aliphatic hydroxyl groups excluding tert-OH is 6. The molecule has 5 atom stereocenters. The molecule has 0 aromatic carbocycles. The van der Waals surface area contributed by atoms with Crippen molar-refractivity contribution >= 4 is 12.6 Å². The van der Waals surface area contributed by atoms with E-state index in [2.05, 4.69) is 12.6 Å². The number of rotatable bonds is 5. The topological polar surface area (TPSA) is 121 Å². The van der Waals surface area contributed by atoms with Crippen molar-refractivity contribution in [3.63, 3.8) is 0 Å². The van der Waals surface area contributed by atoms with Crippen molar-refractivity contribution < 1.29 is 30.6 Å². The molecule has 0 amide bonds. The minimum atomic E-state index is -1.77. The lowest BCUT2D eigenvalue weighted by atomic mass is 10.0. The molecule has 0 aromatic heterocycles. The maximum Gasteiger partial charge on any atom is 0.125 e. The maximum atomic E-state index is 9.08. The van der Waals surface area contributed by atoms with Gasteiger partial charge in [-0.05, 0) is 0 Å². The van der Waals surface area contributed by atoms with Gasteiger partial charge in [-0.1, -0.05) is 0 Å². The number of thiol groups is 1. The molecule has 6 nitrogen and oxygen atoms in total. The Labute approximate surface area is 80.5 Å². The van der Waals surface area contributed by atoms with Gasteiger partial charge in [-0.2, -0.15) is 0 Å². The summed E-state index contributed by atoms with van der Waals surface area (Å²) >= 11 is 3.41. The average molecular weight is 214 g/mol. The molecule has 80 valence electrons. The summed E-state index contributed by atoms with van der Waals surface area (Å²) in [7, 11) is 0. The quantitative estimate of drug-likeness (QED) is 0.190. The van der Waals surface area contributed by atoms with Gasteiger partial charge in [0.25, 0.3) is 0 Å². The van der Waals surface area contributed by atoms with Crippen LogP contribution in [0.3, 0.4) is 0 Å². The standard InChI is InChI=1S/C6H14O6S/c7-1-2(8)3(9)4(10)5(11)6(12)13/h2-13H,1H2/t2-,3-,4+,5-,6?/m1/s1. The van der Waals surface area contributed by atoms with Crippen molar-refractivity contribution in [1.82, 2.24) is 0 Å². The van der Waals surface area contributed by atoms with Crippen LogP contribution in [-0.2, 0) is 0 Å². The summed E-state index contributed by atoms with van der Waals surface area (Å²) in [6, 6.07) is 0. The molecule has 6 N–H and O–H groups in total. The van der Waals surface area contributed by atoms with Crippen LogP contribution in [0.2, 0.25) is 0 Å². The summed E-state index contributed by atoms with van der Waals surface area (Å²) in [4.78, 5) is 0. The molecule has 1 unspecified atom stereocenters. The smallest absolute Gasteiger partial charge is 0.125 e. The monoisotopic (exact) mass is 214 g/mol. The normalized spacial score (nSPS) is 23.3. The van der Waals surface area contributed by atoms with Crippen molar-refractivity contribution in [3.05, 3.63) is 0 Å². The molecule has 0 heterocycles. The molecule has 0 aliphatic heterocycles. The molecule has 0 aliphatic carbocycles. The van der Waals surface area contributed by atoms with E-state index in [4.69, 9.17) is 30.6 Å². The number of aliphatic hydroxyl groups is 6. The van der Waals surface area contributed by atoms with E-state index in [9.17, 15) is 0 Å². The molecular weight excluding hydrogens is 200 g/mol. The van der Waals surface area contributed by atoms with Crippen molar-refractivity contribution in [1.29, 1.82) is 0 Å². The highest BCUT2D eigenvalue weighted by Gasteiger charge is 2.32. The van der Waals surface area contributed by atoms with Gasteiger partial charge in [0.15, 0.2) is 0 Å². The van der Waals surface area contributed by atoms with E-state index in [1.54, 1.807) is 0 Å². The minimum absolute atomic E-state index is 0.756. The van der Waals surface area contributed by atoms with Crippen LogP contribution in [0.4, 0.5) is 0 Å². The molecular formula is C6H14O6S. The molecule has 13 heavy (non-hydrogen) atoms. The fourth-order valence-electron chi connectivity index (χ4n) is 0.714. The van der Waals surface area contributed by atoms with E-state index in [0.717, 1.165) is 0 Å². The van der Waals surface area contributed by atoms with E-state index in [1.807, 2.05) is 0 Å². The Morgan fingerprint density at radius 3 is 1.62 bits per heavy atom. The maximum absolute atomic E-state index is 9.08. The second kappa shape index (κ2) is 5.76. The summed E-state index contributed by atoms with van der Waals surface area (Å²) in [6.07, 6.45) is -6.77. The molecule has 0 rings (SSSR count). The highest BCUT2D eigenvalue weighted by Crippen LogP contribution is 2.09. The van der Waals surface area contributed by atoms with E-state index in [-0.39, 0.29) is 0 Å². The van der Waals surface area contributed by atoms with Crippen LogP contribution in [0.5, 0.6) is 0 Å². The first-order chi connectivity index (χ1) is 5.91. The number of hydrogen-bond donors (Lipinski definition) is 7. The van der Waals surface area contributed by atoms with Crippen molar-refractivity contribution in [3.8, 4) is 0 Å². The zero-order valence-electron chi connectivity index (χ0n) is 6.72. The Balaban J connectivity index is 4.15. The predicted octanol–water partition coefficient (Wildman–Crippen LogP) is -3.33. The van der Waals surface area contributed by atoms with Gasteiger partial charge >= 0.3 is 0 Å². The first-order valence-electron chi connectivity index (χ1n) is 3.61. The molecule has 0 saturated carbocycles. The molecule has 0 fully saturated rings. The summed E-state index contributed by atoms with van der Waals surface area (Å²) in [5, 5.41) is 53.0. The molecule has 7 heteroatoms. The predicted molar refractivity (Wildman–Crippen MR) is 46.1 cm³/mol. The van der Waals surface area contributed by atoms with Gasteiger partial charge in [0, 0.05) is 0 Å². The lowest BCUT2D eigenvalue weighted by Crippen LogP contribution is -2.48. The second-order valence-corrected chi connectivity index (χ2v) is 3.16. The van der Waals surface area contributed by atoms with Crippen LogP contribution >= 0.6 is 12.6 Å². The highest BCUT2D eigenvalue weighted by molar-refractivity contribution is 7.80. The Bertz CT molecular complexity index is 143. The van der Waals surface area contributed by atoms with Gasteiger partial charge in [0.05, 0.1) is 6.61 Å². The van der Waals surface area contributed by atoms with Crippen LogP contribution in [0, 0.1) is 0 Å². The van der Waals surface area contributed by atoms with Gasteiger partial charge in [0.1, 0.15) is 29.9 Å². The molecule has 0 radical (unpaired) electrons. The van der Waals surface area contributed by atoms with Gasteiger partial charge in [-0.15, -0.1) is 12.6 Å². The van der Waals surface area contributed by atoms with Crippen LogP contribution < -0.4 is 0 Å². The lowest BCUT2D eigenvalue weighted by molar-refractivity contribution is -0.127. The Morgan fingerprint density at radius 2 is 1.31 bits per heavy atom. The van der Waals surface area contributed by atoms with Gasteiger partial charge in [0.2, 0.25) is 0 Å². The molecule has 0 saturated heterocycles. The fourth-order valence-corrected chi connectivity index (χ4v) is 0.890. The van der Waals surface area contributed by atoms with Crippen LogP contribution in [-0.4, -0.2) is 67.1 Å². The number of hydrogen-bond acceptors (Lipinski definition) is 7. The zero-order valence-corrected chi connectivity index (χ0v) is 7.62. The van der Waals surface area contributed by atoms with Gasteiger partial charge in [-0.25, -0.2) is 0 Å². The first kappa shape index (κ1) is 13.1.